The topological polar surface area (TPSA) is 112 Å². The van der Waals surface area contributed by atoms with E-state index in [4.69, 9.17) is 10.5 Å². The van der Waals surface area contributed by atoms with Crippen molar-refractivity contribution in [1.29, 1.82) is 0 Å². The van der Waals surface area contributed by atoms with Gasteiger partial charge in [-0.2, -0.15) is 0 Å². The lowest BCUT2D eigenvalue weighted by Gasteiger charge is -2.16. The van der Waals surface area contributed by atoms with Crippen LogP contribution in [0.1, 0.15) is 5.56 Å². The number of amides is 1. The zero-order valence-electron chi connectivity index (χ0n) is 21.0. The molecule has 186 valence electrons. The van der Waals surface area contributed by atoms with Gasteiger partial charge in [-0.05, 0) is 50.8 Å². The molecule has 1 amide bonds. The first kappa shape index (κ1) is 24.7. The van der Waals surface area contributed by atoms with Crippen LogP contribution in [0, 0.1) is 6.92 Å². The predicted molar refractivity (Wildman–Crippen MR) is 141 cm³/mol. The fourth-order valence-electron chi connectivity index (χ4n) is 3.91. The van der Waals surface area contributed by atoms with E-state index in [9.17, 15) is 9.59 Å². The van der Waals surface area contributed by atoms with Crippen LogP contribution in [0.25, 0.3) is 22.5 Å². The standard InChI is InChI=1S/C26H29N7O3/c1-17-11-12-20(15-21(17)36-5)32-23-24(27)28-16-29-25(23)33(26(32)35)19-9-6-8-18(14-19)31(4)22(34)10-7-13-30(2)3/h6-12,14-16H,13H2,1-5H3,(H2,27,28,29). The molecule has 0 aliphatic carbocycles. The Morgan fingerprint density at radius 1 is 1.08 bits per heavy atom. The summed E-state index contributed by atoms with van der Waals surface area (Å²) < 4.78 is 8.39. The number of methoxy groups -OCH3 is 1. The summed E-state index contributed by atoms with van der Waals surface area (Å²) in [5.41, 5.74) is 9.25. The van der Waals surface area contributed by atoms with Crippen LogP contribution >= 0.6 is 0 Å². The molecule has 10 heteroatoms. The number of nitrogen functional groups attached to an aromatic ring is 1. The van der Waals surface area contributed by atoms with Gasteiger partial charge in [0.1, 0.15) is 17.6 Å². The summed E-state index contributed by atoms with van der Waals surface area (Å²) in [4.78, 5) is 38.5. The lowest BCUT2D eigenvalue weighted by atomic mass is 10.2. The molecule has 2 aromatic heterocycles. The van der Waals surface area contributed by atoms with Gasteiger partial charge in [-0.25, -0.2) is 19.3 Å². The molecule has 0 saturated carbocycles. The molecule has 0 unspecified atom stereocenters. The van der Waals surface area contributed by atoms with E-state index in [1.165, 1.54) is 26.4 Å². The number of carbonyl (C=O) groups is 1. The van der Waals surface area contributed by atoms with Crippen molar-refractivity contribution in [3.63, 3.8) is 0 Å². The average molecular weight is 488 g/mol. The van der Waals surface area contributed by atoms with Crippen molar-refractivity contribution >= 4 is 28.6 Å². The second kappa shape index (κ2) is 10.0. The Morgan fingerprint density at radius 3 is 2.56 bits per heavy atom. The van der Waals surface area contributed by atoms with Crippen LogP contribution in [0.15, 0.2) is 65.7 Å². The predicted octanol–water partition coefficient (Wildman–Crippen LogP) is 2.55. The van der Waals surface area contributed by atoms with Gasteiger partial charge in [0.15, 0.2) is 11.5 Å². The molecule has 0 atom stereocenters. The number of imidazole rings is 1. The Hall–Kier alpha value is -4.44. The zero-order chi connectivity index (χ0) is 26.0. The highest BCUT2D eigenvalue weighted by Gasteiger charge is 2.21. The second-order valence-corrected chi connectivity index (χ2v) is 8.62. The number of hydrogen-bond donors (Lipinski definition) is 1. The maximum absolute atomic E-state index is 13.8. The Morgan fingerprint density at radius 2 is 1.83 bits per heavy atom. The third kappa shape index (κ3) is 4.58. The normalized spacial score (nSPS) is 11.5. The molecular formula is C26H29N7O3. The van der Waals surface area contributed by atoms with Crippen LogP contribution in [-0.2, 0) is 4.79 Å². The Kier molecular flexibility index (Phi) is 6.89. The van der Waals surface area contributed by atoms with Gasteiger partial charge in [0, 0.05) is 31.4 Å². The molecule has 10 nitrogen and oxygen atoms in total. The van der Waals surface area contributed by atoms with Gasteiger partial charge < -0.3 is 20.3 Å². The van der Waals surface area contributed by atoms with E-state index in [0.29, 0.717) is 40.5 Å². The molecule has 4 aromatic rings. The quantitative estimate of drug-likeness (QED) is 0.399. The van der Waals surface area contributed by atoms with E-state index in [-0.39, 0.29) is 17.4 Å². The van der Waals surface area contributed by atoms with Crippen molar-refractivity contribution in [3.05, 3.63) is 77.0 Å². The molecule has 4 rings (SSSR count). The Labute approximate surface area is 208 Å². The molecular weight excluding hydrogens is 458 g/mol. The molecule has 2 aromatic carbocycles. The monoisotopic (exact) mass is 487 g/mol. The summed E-state index contributed by atoms with van der Waals surface area (Å²) in [7, 11) is 7.12. The molecule has 2 heterocycles. The van der Waals surface area contributed by atoms with Crippen molar-refractivity contribution in [3.8, 4) is 17.1 Å². The second-order valence-electron chi connectivity index (χ2n) is 8.62. The van der Waals surface area contributed by atoms with E-state index in [0.717, 1.165) is 5.56 Å². The summed E-state index contributed by atoms with van der Waals surface area (Å²) in [5.74, 6) is 0.632. The fourth-order valence-corrected chi connectivity index (χ4v) is 3.91. The number of nitrogens with two attached hydrogens (primary N) is 1. The molecule has 0 radical (unpaired) electrons. The van der Waals surface area contributed by atoms with Crippen molar-refractivity contribution < 1.29 is 9.53 Å². The van der Waals surface area contributed by atoms with E-state index in [1.807, 2.05) is 38.1 Å². The summed E-state index contributed by atoms with van der Waals surface area (Å²) in [6.07, 6.45) is 4.66. The van der Waals surface area contributed by atoms with Gasteiger partial charge in [-0.1, -0.05) is 18.2 Å². The molecule has 0 aliphatic heterocycles. The number of aryl methyl sites for hydroxylation is 1. The van der Waals surface area contributed by atoms with Crippen molar-refractivity contribution in [1.82, 2.24) is 24.0 Å². The summed E-state index contributed by atoms with van der Waals surface area (Å²) >= 11 is 0. The highest BCUT2D eigenvalue weighted by Crippen LogP contribution is 2.27. The van der Waals surface area contributed by atoms with Crippen LogP contribution in [0.2, 0.25) is 0 Å². The Balaban J connectivity index is 1.85. The van der Waals surface area contributed by atoms with Crippen molar-refractivity contribution in [2.45, 2.75) is 6.92 Å². The number of nitrogens with zero attached hydrogens (tertiary/aromatic N) is 6. The molecule has 36 heavy (non-hydrogen) atoms. The molecule has 0 saturated heterocycles. The lowest BCUT2D eigenvalue weighted by Crippen LogP contribution is -2.25. The number of hydrogen-bond acceptors (Lipinski definition) is 7. The number of fused-ring (bicyclic) bond motifs is 1. The van der Waals surface area contributed by atoms with Crippen LogP contribution in [0.3, 0.4) is 0 Å². The van der Waals surface area contributed by atoms with Crippen molar-refractivity contribution in [2.75, 3.05) is 45.4 Å². The third-order valence-corrected chi connectivity index (χ3v) is 5.84. The van der Waals surface area contributed by atoms with E-state index in [1.54, 1.807) is 50.6 Å². The maximum atomic E-state index is 13.8. The molecule has 2 N–H and O–H groups in total. The SMILES string of the molecule is COc1cc(-n2c(=O)n(-c3cccc(N(C)C(=O)C=CCN(C)C)c3)c3ncnc(N)c32)ccc1C. The van der Waals surface area contributed by atoms with E-state index in [2.05, 4.69) is 9.97 Å². The van der Waals surface area contributed by atoms with Gasteiger partial charge in [0.25, 0.3) is 0 Å². The fraction of sp³-hybridized carbons (Fsp3) is 0.231. The van der Waals surface area contributed by atoms with Gasteiger partial charge in [0.2, 0.25) is 5.91 Å². The summed E-state index contributed by atoms with van der Waals surface area (Å²) in [6, 6.07) is 12.6. The number of likely N-dealkylation sites (N-methyl/N-ethyl adjacent to an activating group) is 2. The van der Waals surface area contributed by atoms with Crippen molar-refractivity contribution in [2.24, 2.45) is 0 Å². The molecule has 0 aliphatic rings. The summed E-state index contributed by atoms with van der Waals surface area (Å²) in [6.45, 7) is 2.57. The van der Waals surface area contributed by atoms with Gasteiger partial charge in [-0.3, -0.25) is 9.36 Å². The van der Waals surface area contributed by atoms with Crippen LogP contribution in [0.5, 0.6) is 5.75 Å². The largest absolute Gasteiger partial charge is 0.496 e. The average Bonchev–Trinajstić information content (AvgIpc) is 3.16. The number of anilines is 2. The third-order valence-electron chi connectivity index (χ3n) is 5.84. The first-order valence-electron chi connectivity index (χ1n) is 11.3. The smallest absolute Gasteiger partial charge is 0.339 e. The number of benzene rings is 2. The highest BCUT2D eigenvalue weighted by molar-refractivity contribution is 6.01. The molecule has 0 fully saturated rings. The first-order valence-corrected chi connectivity index (χ1v) is 11.3. The number of ether oxygens (including phenoxy) is 1. The van der Waals surface area contributed by atoms with Crippen LogP contribution < -0.4 is 21.1 Å². The highest BCUT2D eigenvalue weighted by atomic mass is 16.5. The zero-order valence-corrected chi connectivity index (χ0v) is 21.0. The Bertz CT molecular complexity index is 1520. The first-order chi connectivity index (χ1) is 17.2. The number of aromatic nitrogens is 4. The lowest BCUT2D eigenvalue weighted by molar-refractivity contribution is -0.113. The van der Waals surface area contributed by atoms with Gasteiger partial charge in [-0.15, -0.1) is 0 Å². The minimum Gasteiger partial charge on any atom is -0.496 e. The minimum atomic E-state index is -0.375. The van der Waals surface area contributed by atoms with Gasteiger partial charge in [0.05, 0.1) is 18.5 Å². The number of rotatable bonds is 7. The molecule has 0 bridgehead atoms. The van der Waals surface area contributed by atoms with E-state index < -0.39 is 0 Å². The summed E-state index contributed by atoms with van der Waals surface area (Å²) in [5, 5.41) is 0. The van der Waals surface area contributed by atoms with E-state index >= 15 is 0 Å². The van der Waals surface area contributed by atoms with Crippen LogP contribution in [0.4, 0.5) is 11.5 Å². The maximum Gasteiger partial charge on any atom is 0.339 e. The van der Waals surface area contributed by atoms with Gasteiger partial charge >= 0.3 is 5.69 Å². The number of carbonyl (C=O) groups excluding carboxylic acids is 1. The van der Waals surface area contributed by atoms with Crippen LogP contribution in [-0.4, -0.2) is 64.7 Å². The minimum absolute atomic E-state index is 0.171. The molecule has 0 spiro atoms.